The van der Waals surface area contributed by atoms with Crippen LogP contribution >= 0.6 is 0 Å². The van der Waals surface area contributed by atoms with E-state index in [1.54, 1.807) is 6.07 Å². The molecule has 1 saturated carbocycles. The van der Waals surface area contributed by atoms with E-state index in [1.807, 2.05) is 0 Å². The maximum atomic E-state index is 13.4. The zero-order chi connectivity index (χ0) is 13.8. The molecule has 0 unspecified atom stereocenters. The molecule has 0 amide bonds. The van der Waals surface area contributed by atoms with Crippen LogP contribution in [0.15, 0.2) is 18.2 Å². The minimum Gasteiger partial charge on any atom is -0.478 e. The molecule has 0 aromatic heterocycles. The van der Waals surface area contributed by atoms with E-state index in [2.05, 4.69) is 11.8 Å². The molecule has 0 bridgehead atoms. The van der Waals surface area contributed by atoms with Crippen LogP contribution in [0.3, 0.4) is 0 Å². The molecule has 104 valence electrons. The average Bonchev–Trinajstić information content (AvgIpc) is 3.12. The lowest BCUT2D eigenvalue weighted by Gasteiger charge is -2.21. The first-order chi connectivity index (χ1) is 9.08. The second-order valence-corrected chi connectivity index (χ2v) is 5.33. The Labute approximate surface area is 113 Å². The number of rotatable bonds is 7. The van der Waals surface area contributed by atoms with Gasteiger partial charge < -0.3 is 5.11 Å². The Morgan fingerprint density at radius 3 is 2.74 bits per heavy atom. The molecule has 2 rings (SSSR count). The van der Waals surface area contributed by atoms with Crippen molar-refractivity contribution in [2.24, 2.45) is 5.92 Å². The molecule has 0 heterocycles. The molecule has 1 aromatic carbocycles. The van der Waals surface area contributed by atoms with Crippen LogP contribution in [0.5, 0.6) is 0 Å². The van der Waals surface area contributed by atoms with E-state index in [9.17, 15) is 9.18 Å². The van der Waals surface area contributed by atoms with Gasteiger partial charge >= 0.3 is 5.97 Å². The van der Waals surface area contributed by atoms with Crippen LogP contribution in [0.4, 0.5) is 4.39 Å². The Morgan fingerprint density at radius 2 is 2.16 bits per heavy atom. The highest BCUT2D eigenvalue weighted by Gasteiger charge is 2.24. The molecule has 19 heavy (non-hydrogen) atoms. The summed E-state index contributed by atoms with van der Waals surface area (Å²) < 4.78 is 13.4. The summed E-state index contributed by atoms with van der Waals surface area (Å²) in [7, 11) is 0. The van der Waals surface area contributed by atoms with Crippen LogP contribution in [-0.2, 0) is 6.54 Å². The van der Waals surface area contributed by atoms with Crippen LogP contribution in [0.1, 0.15) is 42.1 Å². The lowest BCUT2D eigenvalue weighted by atomic mass is 10.1. The van der Waals surface area contributed by atoms with Crippen molar-refractivity contribution in [3.8, 4) is 0 Å². The van der Waals surface area contributed by atoms with E-state index >= 15 is 0 Å². The minimum absolute atomic E-state index is 0.0258. The predicted molar refractivity (Wildman–Crippen MR) is 71.7 cm³/mol. The van der Waals surface area contributed by atoms with Gasteiger partial charge in [-0.15, -0.1) is 0 Å². The highest BCUT2D eigenvalue weighted by atomic mass is 19.1. The molecule has 1 N–H and O–H groups in total. The Hall–Kier alpha value is -1.42. The van der Waals surface area contributed by atoms with E-state index in [4.69, 9.17) is 5.11 Å². The van der Waals surface area contributed by atoms with Crippen LogP contribution in [0.2, 0.25) is 0 Å². The smallest absolute Gasteiger partial charge is 0.335 e. The second-order valence-electron chi connectivity index (χ2n) is 5.33. The third kappa shape index (κ3) is 4.31. The van der Waals surface area contributed by atoms with Crippen molar-refractivity contribution >= 4 is 5.97 Å². The van der Waals surface area contributed by atoms with E-state index in [0.29, 0.717) is 6.54 Å². The first-order valence-corrected chi connectivity index (χ1v) is 6.83. The summed E-state index contributed by atoms with van der Waals surface area (Å²) in [6.45, 7) is 4.75. The maximum Gasteiger partial charge on any atom is 0.335 e. The molecular formula is C15H20FNO2. The lowest BCUT2D eigenvalue weighted by Crippen LogP contribution is -2.26. The Bertz CT molecular complexity index is 457. The van der Waals surface area contributed by atoms with Crippen LogP contribution in [0, 0.1) is 11.7 Å². The zero-order valence-corrected chi connectivity index (χ0v) is 11.2. The van der Waals surface area contributed by atoms with Crippen molar-refractivity contribution in [3.05, 3.63) is 35.1 Å². The van der Waals surface area contributed by atoms with Gasteiger partial charge in [-0.2, -0.15) is 0 Å². The number of carboxylic acids is 1. The quantitative estimate of drug-likeness (QED) is 0.823. The molecule has 0 radical (unpaired) electrons. The number of benzene rings is 1. The van der Waals surface area contributed by atoms with Crippen molar-refractivity contribution in [1.29, 1.82) is 0 Å². The molecule has 4 heteroatoms. The van der Waals surface area contributed by atoms with Gasteiger partial charge in [0.2, 0.25) is 0 Å². The summed E-state index contributed by atoms with van der Waals surface area (Å²) in [6.07, 6.45) is 3.61. The molecule has 0 atom stereocenters. The molecular weight excluding hydrogens is 245 g/mol. The van der Waals surface area contributed by atoms with Crippen molar-refractivity contribution in [1.82, 2.24) is 4.90 Å². The Morgan fingerprint density at radius 1 is 1.42 bits per heavy atom. The highest BCUT2D eigenvalue weighted by molar-refractivity contribution is 5.87. The fourth-order valence-corrected chi connectivity index (χ4v) is 2.34. The standard InChI is InChI=1S/C15H20FNO2/c1-2-5-17(9-11-3-4-11)10-12-6-13(15(18)19)8-14(16)7-12/h6-8,11H,2-5,9-10H2,1H3,(H,18,19). The van der Waals surface area contributed by atoms with Gasteiger partial charge in [-0.25, -0.2) is 9.18 Å². The third-order valence-corrected chi connectivity index (χ3v) is 3.36. The normalized spacial score (nSPS) is 14.9. The van der Waals surface area contributed by atoms with Gasteiger partial charge in [-0.1, -0.05) is 6.92 Å². The molecule has 0 saturated heterocycles. The monoisotopic (exact) mass is 265 g/mol. The van der Waals surface area contributed by atoms with Crippen LogP contribution in [-0.4, -0.2) is 29.1 Å². The lowest BCUT2D eigenvalue weighted by molar-refractivity contribution is 0.0696. The fraction of sp³-hybridized carbons (Fsp3) is 0.533. The summed E-state index contributed by atoms with van der Waals surface area (Å²) in [6, 6.07) is 4.07. The van der Waals surface area contributed by atoms with Gasteiger partial charge in [0.05, 0.1) is 5.56 Å². The van der Waals surface area contributed by atoms with E-state index in [0.717, 1.165) is 37.1 Å². The van der Waals surface area contributed by atoms with Gasteiger partial charge in [-0.3, -0.25) is 4.90 Å². The van der Waals surface area contributed by atoms with E-state index < -0.39 is 11.8 Å². The summed E-state index contributed by atoms with van der Waals surface area (Å²) >= 11 is 0. The van der Waals surface area contributed by atoms with Gasteiger partial charge in [0, 0.05) is 13.1 Å². The Kier molecular flexibility index (Phi) is 4.53. The predicted octanol–water partition coefficient (Wildman–Crippen LogP) is 3.15. The van der Waals surface area contributed by atoms with Gasteiger partial charge in [0.15, 0.2) is 0 Å². The van der Waals surface area contributed by atoms with E-state index in [1.165, 1.54) is 18.9 Å². The van der Waals surface area contributed by atoms with Crippen molar-refractivity contribution in [3.63, 3.8) is 0 Å². The second kappa shape index (κ2) is 6.15. The average molecular weight is 265 g/mol. The molecule has 1 aliphatic carbocycles. The summed E-state index contributed by atoms with van der Waals surface area (Å²) in [5.41, 5.74) is 0.768. The number of carbonyl (C=O) groups is 1. The first-order valence-electron chi connectivity index (χ1n) is 6.83. The molecule has 1 aromatic rings. The van der Waals surface area contributed by atoms with Crippen molar-refractivity contribution in [2.75, 3.05) is 13.1 Å². The molecule has 0 spiro atoms. The highest BCUT2D eigenvalue weighted by Crippen LogP contribution is 2.30. The summed E-state index contributed by atoms with van der Waals surface area (Å²) in [5, 5.41) is 8.95. The minimum atomic E-state index is -1.08. The van der Waals surface area contributed by atoms with Gasteiger partial charge in [0.25, 0.3) is 0 Å². The molecule has 3 nitrogen and oxygen atoms in total. The number of carboxylic acid groups (broad SMARTS) is 1. The van der Waals surface area contributed by atoms with E-state index in [-0.39, 0.29) is 5.56 Å². The fourth-order valence-electron chi connectivity index (χ4n) is 2.34. The largest absolute Gasteiger partial charge is 0.478 e. The SMILES string of the molecule is CCCN(Cc1cc(F)cc(C(=O)O)c1)CC1CC1. The zero-order valence-electron chi connectivity index (χ0n) is 11.2. The topological polar surface area (TPSA) is 40.5 Å². The van der Waals surface area contributed by atoms with Crippen molar-refractivity contribution in [2.45, 2.75) is 32.7 Å². The number of halogens is 1. The third-order valence-electron chi connectivity index (χ3n) is 3.36. The molecule has 1 aliphatic rings. The number of hydrogen-bond donors (Lipinski definition) is 1. The summed E-state index contributed by atoms with van der Waals surface area (Å²) in [4.78, 5) is 13.2. The molecule has 0 aliphatic heterocycles. The van der Waals surface area contributed by atoms with Crippen LogP contribution < -0.4 is 0 Å². The Balaban J connectivity index is 2.08. The number of hydrogen-bond acceptors (Lipinski definition) is 2. The first kappa shape index (κ1) is 14.0. The van der Waals surface area contributed by atoms with Gasteiger partial charge in [-0.05, 0) is 55.5 Å². The van der Waals surface area contributed by atoms with Crippen LogP contribution in [0.25, 0.3) is 0 Å². The van der Waals surface area contributed by atoms with Crippen molar-refractivity contribution < 1.29 is 14.3 Å². The maximum absolute atomic E-state index is 13.4. The number of nitrogens with zero attached hydrogens (tertiary/aromatic N) is 1. The van der Waals surface area contributed by atoms with Gasteiger partial charge in [0.1, 0.15) is 5.82 Å². The summed E-state index contributed by atoms with van der Waals surface area (Å²) in [5.74, 6) is -0.776. The number of aromatic carboxylic acids is 1. The molecule has 1 fully saturated rings.